The summed E-state index contributed by atoms with van der Waals surface area (Å²) in [7, 11) is 0. The predicted octanol–water partition coefficient (Wildman–Crippen LogP) is 6.09. The van der Waals surface area contributed by atoms with Gasteiger partial charge in [0, 0.05) is 17.2 Å². The molecule has 1 N–H and O–H groups in total. The van der Waals surface area contributed by atoms with E-state index in [-0.39, 0.29) is 52.4 Å². The zero-order valence-corrected chi connectivity index (χ0v) is 24.8. The molecule has 216 valence electrons. The maximum Gasteiger partial charge on any atom is 0.309 e. The number of para-hydroxylation sites is 1. The summed E-state index contributed by atoms with van der Waals surface area (Å²) in [5.41, 5.74) is -0.00793. The topological polar surface area (TPSA) is 93.6 Å². The molecular formula is C34H39NO5S. The predicted molar refractivity (Wildman–Crippen MR) is 157 cm³/mol. The number of hydrogen-bond acceptors (Lipinski definition) is 7. The molecule has 5 aliphatic carbocycles. The van der Waals surface area contributed by atoms with Crippen molar-refractivity contribution in [3.63, 3.8) is 0 Å². The zero-order chi connectivity index (χ0) is 28.6. The average Bonchev–Trinajstić information content (AvgIpc) is 3.76. The molecule has 6 nitrogen and oxygen atoms in total. The Hall–Kier alpha value is -2.51. The van der Waals surface area contributed by atoms with Crippen molar-refractivity contribution in [1.29, 1.82) is 0 Å². The first-order valence-electron chi connectivity index (χ1n) is 15.3. The van der Waals surface area contributed by atoms with E-state index >= 15 is 0 Å². The summed E-state index contributed by atoms with van der Waals surface area (Å²) >= 11 is 1.40. The van der Waals surface area contributed by atoms with Crippen LogP contribution < -0.4 is 0 Å². The highest BCUT2D eigenvalue weighted by molar-refractivity contribution is 7.99. The third-order valence-electron chi connectivity index (χ3n) is 11.6. The second-order valence-electron chi connectivity index (χ2n) is 13.7. The molecule has 0 amide bonds. The Bertz CT molecular complexity index is 1470. The fourth-order valence-electron chi connectivity index (χ4n) is 9.32. The van der Waals surface area contributed by atoms with Crippen LogP contribution in [0.5, 0.6) is 0 Å². The molecule has 41 heavy (non-hydrogen) atoms. The van der Waals surface area contributed by atoms with Gasteiger partial charge in [-0.25, -0.2) is 4.98 Å². The number of rotatable bonds is 6. The van der Waals surface area contributed by atoms with Gasteiger partial charge in [0.1, 0.15) is 0 Å². The molecule has 4 saturated carbocycles. The molecule has 1 aromatic carbocycles. The van der Waals surface area contributed by atoms with E-state index < -0.39 is 17.1 Å². The number of aliphatic hydroxyl groups is 1. The molecule has 5 unspecified atom stereocenters. The van der Waals surface area contributed by atoms with Crippen LogP contribution in [0.2, 0.25) is 0 Å². The Kier molecular flexibility index (Phi) is 6.51. The standard InChI is InChI=1S/C34H39NO5S/c1-32-15-13-23(36)17-22(32)10-11-24-25-14-16-34(40-31(39)21-7-8-21,33(25,2)18-27(37)30(24)32)28(38)19-41-29-12-9-20-5-3-4-6-26(20)35-29/h3-6,9,12,17,21,24-25,27,30,37H,7-8,10-11,13-16,18-19H2,1-2H3/t24?,25?,27-,30?,32?,33?,34-/m0/s1. The molecular weight excluding hydrogens is 534 g/mol. The van der Waals surface area contributed by atoms with Gasteiger partial charge in [0.15, 0.2) is 17.2 Å². The first kappa shape index (κ1) is 27.3. The second kappa shape index (κ2) is 9.77. The van der Waals surface area contributed by atoms with Crippen molar-refractivity contribution in [1.82, 2.24) is 4.98 Å². The van der Waals surface area contributed by atoms with Crippen LogP contribution in [-0.2, 0) is 19.1 Å². The third kappa shape index (κ3) is 4.24. The molecule has 0 aliphatic heterocycles. The first-order valence-corrected chi connectivity index (χ1v) is 16.3. The van der Waals surface area contributed by atoms with Crippen LogP contribution in [0, 0.1) is 34.5 Å². The van der Waals surface area contributed by atoms with Gasteiger partial charge in [0.25, 0.3) is 0 Å². The lowest BCUT2D eigenvalue weighted by atomic mass is 9.45. The van der Waals surface area contributed by atoms with E-state index in [0.29, 0.717) is 19.3 Å². The third-order valence-corrected chi connectivity index (χ3v) is 12.5. The van der Waals surface area contributed by atoms with Crippen molar-refractivity contribution in [2.75, 3.05) is 5.75 Å². The summed E-state index contributed by atoms with van der Waals surface area (Å²) in [6, 6.07) is 11.9. The Labute approximate surface area is 245 Å². The van der Waals surface area contributed by atoms with Gasteiger partial charge in [0.2, 0.25) is 0 Å². The number of fused-ring (bicyclic) bond motifs is 6. The summed E-state index contributed by atoms with van der Waals surface area (Å²) in [5.74, 6) is 0.388. The van der Waals surface area contributed by atoms with Gasteiger partial charge >= 0.3 is 5.97 Å². The summed E-state index contributed by atoms with van der Waals surface area (Å²) < 4.78 is 6.40. The number of esters is 1. The van der Waals surface area contributed by atoms with E-state index in [2.05, 4.69) is 13.8 Å². The normalized spacial score (nSPS) is 38.0. The van der Waals surface area contributed by atoms with Gasteiger partial charge in [-0.05, 0) is 92.7 Å². The van der Waals surface area contributed by atoms with Crippen LogP contribution in [0.4, 0.5) is 0 Å². The fourth-order valence-corrected chi connectivity index (χ4v) is 10.2. The molecule has 7 heteroatoms. The molecule has 7 atom stereocenters. The summed E-state index contributed by atoms with van der Waals surface area (Å²) in [6.07, 6.45) is 7.65. The number of pyridine rings is 1. The number of thioether (sulfide) groups is 1. The largest absolute Gasteiger partial charge is 0.450 e. The van der Waals surface area contributed by atoms with Crippen molar-refractivity contribution in [3.8, 4) is 0 Å². The quantitative estimate of drug-likeness (QED) is 0.330. The van der Waals surface area contributed by atoms with Gasteiger partial charge in [0.05, 0.1) is 28.3 Å². The lowest BCUT2D eigenvalue weighted by molar-refractivity contribution is -0.200. The highest BCUT2D eigenvalue weighted by Gasteiger charge is 2.70. The number of nitrogens with zero attached hydrogens (tertiary/aromatic N) is 1. The van der Waals surface area contributed by atoms with E-state index in [1.54, 1.807) is 0 Å². The molecule has 5 aliphatic rings. The van der Waals surface area contributed by atoms with E-state index in [4.69, 9.17) is 9.72 Å². The number of aliphatic hydroxyl groups excluding tert-OH is 1. The Morgan fingerprint density at radius 3 is 2.66 bits per heavy atom. The van der Waals surface area contributed by atoms with Gasteiger partial charge in [-0.3, -0.25) is 14.4 Å². The number of Topliss-reactive ketones (excluding diaryl/α,β-unsaturated/α-hetero) is 1. The molecule has 1 heterocycles. The van der Waals surface area contributed by atoms with E-state index in [9.17, 15) is 19.5 Å². The lowest BCUT2D eigenvalue weighted by Crippen LogP contribution is -2.63. The van der Waals surface area contributed by atoms with Crippen molar-refractivity contribution in [2.45, 2.75) is 88.4 Å². The molecule has 1 aromatic heterocycles. The molecule has 4 fully saturated rings. The molecule has 2 aromatic rings. The van der Waals surface area contributed by atoms with Crippen molar-refractivity contribution >= 4 is 40.2 Å². The average molecular weight is 574 g/mol. The molecule has 0 radical (unpaired) electrons. The minimum Gasteiger partial charge on any atom is -0.450 e. The highest BCUT2D eigenvalue weighted by Crippen LogP contribution is 2.68. The van der Waals surface area contributed by atoms with Crippen LogP contribution in [0.15, 0.2) is 53.1 Å². The fraction of sp³-hybridized carbons (Fsp3) is 0.588. The molecule has 0 bridgehead atoms. The van der Waals surface area contributed by atoms with Crippen molar-refractivity contribution < 1.29 is 24.2 Å². The number of ether oxygens (including phenoxy) is 1. The molecule has 7 rings (SSSR count). The van der Waals surface area contributed by atoms with E-state index in [1.807, 2.05) is 42.5 Å². The summed E-state index contributed by atoms with van der Waals surface area (Å²) in [6.45, 7) is 4.35. The van der Waals surface area contributed by atoms with Crippen LogP contribution in [0.25, 0.3) is 10.9 Å². The number of ketones is 2. The number of carbonyl (C=O) groups is 3. The Morgan fingerprint density at radius 1 is 1.05 bits per heavy atom. The van der Waals surface area contributed by atoms with Crippen LogP contribution in [0.1, 0.15) is 71.6 Å². The van der Waals surface area contributed by atoms with Gasteiger partial charge in [-0.1, -0.05) is 55.4 Å². The number of hydrogen-bond donors (Lipinski definition) is 1. The minimum atomic E-state index is -1.24. The van der Waals surface area contributed by atoms with Crippen LogP contribution >= 0.6 is 11.8 Å². The zero-order valence-electron chi connectivity index (χ0n) is 23.9. The maximum atomic E-state index is 14.4. The monoisotopic (exact) mass is 573 g/mol. The minimum absolute atomic E-state index is 0.0508. The lowest BCUT2D eigenvalue weighted by Gasteiger charge is -2.60. The Balaban J connectivity index is 1.20. The SMILES string of the molecule is CC12CCC(=O)C=C1CCC1C2[C@@H](O)CC2(C)C1CC[C@]2(OC(=O)C1CC1)C(=O)CSc1ccc2ccccc2n1. The van der Waals surface area contributed by atoms with Gasteiger partial charge in [-0.15, -0.1) is 0 Å². The van der Waals surface area contributed by atoms with Crippen molar-refractivity contribution in [2.24, 2.45) is 34.5 Å². The molecule has 0 spiro atoms. The molecule has 0 saturated heterocycles. The number of allylic oxidation sites excluding steroid dienone is 1. The second-order valence-corrected chi connectivity index (χ2v) is 14.7. The van der Waals surface area contributed by atoms with Crippen LogP contribution in [0.3, 0.4) is 0 Å². The van der Waals surface area contributed by atoms with Gasteiger partial charge in [-0.2, -0.15) is 0 Å². The van der Waals surface area contributed by atoms with E-state index in [0.717, 1.165) is 54.5 Å². The smallest absolute Gasteiger partial charge is 0.309 e. The number of carbonyl (C=O) groups excluding carboxylic acids is 3. The highest BCUT2D eigenvalue weighted by atomic mass is 32.2. The van der Waals surface area contributed by atoms with Crippen LogP contribution in [-0.4, -0.2) is 45.1 Å². The number of aromatic nitrogens is 1. The Morgan fingerprint density at radius 2 is 1.85 bits per heavy atom. The van der Waals surface area contributed by atoms with Crippen molar-refractivity contribution in [3.05, 3.63) is 48.0 Å². The van der Waals surface area contributed by atoms with E-state index in [1.165, 1.54) is 17.3 Å². The first-order chi connectivity index (χ1) is 19.6. The number of benzene rings is 1. The maximum absolute atomic E-state index is 14.4. The summed E-state index contributed by atoms with van der Waals surface area (Å²) in [4.78, 5) is 44.6. The van der Waals surface area contributed by atoms with Gasteiger partial charge < -0.3 is 9.84 Å². The summed E-state index contributed by atoms with van der Waals surface area (Å²) in [5, 5.41) is 13.7.